The third-order valence-electron chi connectivity index (χ3n) is 2.32. The van der Waals surface area contributed by atoms with Gasteiger partial charge in [-0.15, -0.1) is 0 Å². The van der Waals surface area contributed by atoms with E-state index in [-0.39, 0.29) is 39.2 Å². The molecule has 0 aliphatic carbocycles. The number of nitrogens with two attached hydrogens (primary N) is 1. The largest absolute Gasteiger partial charge is 0.474 e. The van der Waals surface area contributed by atoms with Gasteiger partial charge in [0.15, 0.2) is 6.10 Å². The smallest absolute Gasteiger partial charge is 0.462 e. The van der Waals surface area contributed by atoms with Crippen LogP contribution in [0.4, 0.5) is 0 Å². The van der Waals surface area contributed by atoms with Crippen LogP contribution >= 0.6 is 7.82 Å². The maximum atomic E-state index is 12.0. The number of phosphoric ester groups is 1. The molecule has 2 unspecified atom stereocenters. The molecule has 22 heavy (non-hydrogen) atoms. The van der Waals surface area contributed by atoms with E-state index in [1.165, 1.54) is 0 Å². The Bertz CT molecular complexity index is 389. The molecule has 0 aromatic rings. The fourth-order valence-corrected chi connectivity index (χ4v) is 2.12. The normalized spacial score (nSPS) is 14.9. The van der Waals surface area contributed by atoms with Crippen molar-refractivity contribution in [2.24, 2.45) is 5.73 Å². The molecule has 130 valence electrons. The van der Waals surface area contributed by atoms with Crippen molar-refractivity contribution >= 4 is 19.8 Å². The summed E-state index contributed by atoms with van der Waals surface area (Å²) in [6, 6.07) is 0. The Morgan fingerprint density at radius 2 is 1.73 bits per heavy atom. The molecule has 2 atom stereocenters. The van der Waals surface area contributed by atoms with Gasteiger partial charge in [0, 0.05) is 26.5 Å². The Kier molecular flexibility index (Phi) is 11.0. The molecular weight excluding hydrogens is 317 g/mol. The second-order valence-electron chi connectivity index (χ2n) is 4.05. The molecule has 0 aromatic heterocycles. The molecule has 0 fully saturated rings. The number of esters is 2. The van der Waals surface area contributed by atoms with Crippen LogP contribution in [0.2, 0.25) is 0 Å². The highest BCUT2D eigenvalue weighted by atomic mass is 31.2. The summed E-state index contributed by atoms with van der Waals surface area (Å²) in [5, 5.41) is 0. The van der Waals surface area contributed by atoms with Crippen LogP contribution in [0, 0.1) is 0 Å². The predicted octanol–water partition coefficient (Wildman–Crippen LogP) is 1.01. The van der Waals surface area contributed by atoms with Gasteiger partial charge in [0.25, 0.3) is 0 Å². The third-order valence-corrected chi connectivity index (χ3v) is 3.73. The third kappa shape index (κ3) is 9.11. The minimum absolute atomic E-state index is 0.0185. The van der Waals surface area contributed by atoms with Crippen LogP contribution in [0.15, 0.2) is 0 Å². The number of hydrogen-bond acceptors (Lipinski definition) is 9. The van der Waals surface area contributed by atoms with Gasteiger partial charge < -0.3 is 15.2 Å². The topological polar surface area (TPSA) is 123 Å². The van der Waals surface area contributed by atoms with Crippen molar-refractivity contribution in [3.63, 3.8) is 0 Å². The SMILES string of the molecule is CCC(=O)OCC(COP(=O)(OC)OCCN)OC(=O)CC. The first-order valence-electron chi connectivity index (χ1n) is 6.90. The molecule has 0 rings (SSSR count). The zero-order valence-electron chi connectivity index (χ0n) is 13.1. The van der Waals surface area contributed by atoms with E-state index in [4.69, 9.17) is 24.3 Å². The molecule has 0 bridgehead atoms. The maximum Gasteiger partial charge on any atom is 0.474 e. The maximum absolute atomic E-state index is 12.0. The summed E-state index contributed by atoms with van der Waals surface area (Å²) in [6.07, 6.45) is -0.581. The van der Waals surface area contributed by atoms with E-state index in [2.05, 4.69) is 4.52 Å². The standard InChI is InChI=1S/C12H24NO8P/c1-4-11(14)18-8-10(21-12(15)5-2)9-20-22(16,17-3)19-7-6-13/h10H,4-9,13H2,1-3H3. The highest BCUT2D eigenvalue weighted by molar-refractivity contribution is 7.48. The van der Waals surface area contributed by atoms with Crippen molar-refractivity contribution < 1.29 is 37.2 Å². The number of phosphoric acid groups is 1. The Hall–Kier alpha value is -0.990. The van der Waals surface area contributed by atoms with Crippen molar-refractivity contribution in [3.05, 3.63) is 0 Å². The lowest BCUT2D eigenvalue weighted by Gasteiger charge is -2.20. The Labute approximate surface area is 130 Å². The number of hydrogen-bond donors (Lipinski definition) is 1. The number of carbonyl (C=O) groups excluding carboxylic acids is 2. The minimum Gasteiger partial charge on any atom is -0.462 e. The van der Waals surface area contributed by atoms with Crippen molar-refractivity contribution in [2.75, 3.05) is 33.5 Å². The summed E-state index contributed by atoms with van der Waals surface area (Å²) < 4.78 is 36.6. The van der Waals surface area contributed by atoms with Gasteiger partial charge in [-0.1, -0.05) is 13.8 Å². The number of ether oxygens (including phenoxy) is 2. The van der Waals surface area contributed by atoms with Crippen LogP contribution in [-0.2, 0) is 37.2 Å². The van der Waals surface area contributed by atoms with Gasteiger partial charge in [-0.25, -0.2) is 4.57 Å². The first-order valence-corrected chi connectivity index (χ1v) is 8.36. The summed E-state index contributed by atoms with van der Waals surface area (Å²) in [5.74, 6) is -0.955. The molecule has 9 nitrogen and oxygen atoms in total. The van der Waals surface area contributed by atoms with E-state index in [0.717, 1.165) is 7.11 Å². The summed E-state index contributed by atoms with van der Waals surface area (Å²) in [5.41, 5.74) is 5.24. The van der Waals surface area contributed by atoms with Gasteiger partial charge in [-0.2, -0.15) is 0 Å². The highest BCUT2D eigenvalue weighted by Gasteiger charge is 2.28. The Morgan fingerprint density at radius 3 is 2.23 bits per heavy atom. The predicted molar refractivity (Wildman–Crippen MR) is 77.0 cm³/mol. The van der Waals surface area contributed by atoms with Crippen molar-refractivity contribution in [1.29, 1.82) is 0 Å². The lowest BCUT2D eigenvalue weighted by Crippen LogP contribution is -2.29. The molecule has 0 radical (unpaired) electrons. The lowest BCUT2D eigenvalue weighted by atomic mass is 10.4. The molecule has 2 N–H and O–H groups in total. The highest BCUT2D eigenvalue weighted by Crippen LogP contribution is 2.48. The number of rotatable bonds is 12. The minimum atomic E-state index is -3.79. The van der Waals surface area contributed by atoms with Gasteiger partial charge in [-0.3, -0.25) is 23.2 Å². The molecule has 0 spiro atoms. The van der Waals surface area contributed by atoms with Gasteiger partial charge in [0.2, 0.25) is 0 Å². The first-order chi connectivity index (χ1) is 10.4. The molecule has 0 saturated carbocycles. The summed E-state index contributed by atoms with van der Waals surface area (Å²) in [6.45, 7) is 2.85. The van der Waals surface area contributed by atoms with E-state index in [0.29, 0.717) is 0 Å². The zero-order valence-corrected chi connectivity index (χ0v) is 14.0. The molecule has 0 aromatic carbocycles. The van der Waals surface area contributed by atoms with E-state index in [1.54, 1.807) is 13.8 Å². The van der Waals surface area contributed by atoms with Crippen LogP contribution in [0.1, 0.15) is 26.7 Å². The van der Waals surface area contributed by atoms with E-state index < -0.39 is 25.9 Å². The van der Waals surface area contributed by atoms with Crippen LogP contribution in [0.5, 0.6) is 0 Å². The van der Waals surface area contributed by atoms with Gasteiger partial charge in [0.05, 0.1) is 13.2 Å². The van der Waals surface area contributed by atoms with Gasteiger partial charge >= 0.3 is 19.8 Å². The second-order valence-corrected chi connectivity index (χ2v) is 5.83. The zero-order chi connectivity index (χ0) is 17.0. The lowest BCUT2D eigenvalue weighted by molar-refractivity contribution is -0.160. The van der Waals surface area contributed by atoms with Crippen molar-refractivity contribution in [1.82, 2.24) is 0 Å². The molecule has 10 heteroatoms. The summed E-state index contributed by atoms with van der Waals surface area (Å²) in [7, 11) is -2.63. The molecular formula is C12H24NO8P. The molecule has 0 saturated heterocycles. The average Bonchev–Trinajstić information content (AvgIpc) is 2.54. The fraction of sp³-hybridized carbons (Fsp3) is 0.833. The average molecular weight is 341 g/mol. The van der Waals surface area contributed by atoms with E-state index in [9.17, 15) is 14.2 Å². The quantitative estimate of drug-likeness (QED) is 0.409. The van der Waals surface area contributed by atoms with Crippen LogP contribution in [0.25, 0.3) is 0 Å². The van der Waals surface area contributed by atoms with Gasteiger partial charge in [0.1, 0.15) is 6.61 Å². The molecule has 0 aliphatic rings. The Morgan fingerprint density at radius 1 is 1.09 bits per heavy atom. The number of carbonyl (C=O) groups is 2. The van der Waals surface area contributed by atoms with E-state index in [1.807, 2.05) is 0 Å². The first kappa shape index (κ1) is 21.0. The van der Waals surface area contributed by atoms with Gasteiger partial charge in [-0.05, 0) is 0 Å². The molecule has 0 amide bonds. The fourth-order valence-electron chi connectivity index (χ4n) is 1.15. The molecule has 0 heterocycles. The van der Waals surface area contributed by atoms with Crippen LogP contribution in [0.3, 0.4) is 0 Å². The van der Waals surface area contributed by atoms with Crippen LogP contribution in [-0.4, -0.2) is 51.5 Å². The van der Waals surface area contributed by atoms with Crippen LogP contribution < -0.4 is 5.73 Å². The summed E-state index contributed by atoms with van der Waals surface area (Å²) >= 11 is 0. The Balaban J connectivity index is 4.56. The summed E-state index contributed by atoms with van der Waals surface area (Å²) in [4.78, 5) is 22.5. The van der Waals surface area contributed by atoms with E-state index >= 15 is 0 Å². The monoisotopic (exact) mass is 341 g/mol. The molecule has 0 aliphatic heterocycles. The van der Waals surface area contributed by atoms with Crippen molar-refractivity contribution in [2.45, 2.75) is 32.8 Å². The van der Waals surface area contributed by atoms with Crippen molar-refractivity contribution in [3.8, 4) is 0 Å². The second kappa shape index (κ2) is 11.6.